The van der Waals surface area contributed by atoms with Gasteiger partial charge in [0.25, 0.3) is 5.91 Å². The minimum atomic E-state index is -0.0717. The molecule has 2 N–H and O–H groups in total. The van der Waals surface area contributed by atoms with Gasteiger partial charge >= 0.3 is 0 Å². The van der Waals surface area contributed by atoms with Gasteiger partial charge in [-0.25, -0.2) is 0 Å². The van der Waals surface area contributed by atoms with Crippen molar-refractivity contribution in [2.24, 2.45) is 0 Å². The van der Waals surface area contributed by atoms with Gasteiger partial charge in [-0.15, -0.1) is 0 Å². The average Bonchev–Trinajstić information content (AvgIpc) is 3.13. The summed E-state index contributed by atoms with van der Waals surface area (Å²) >= 11 is 4.99. The van der Waals surface area contributed by atoms with Crippen LogP contribution >= 0.6 is 27.7 Å². The third kappa shape index (κ3) is 3.55. The maximum absolute atomic E-state index is 12.3. The molecule has 0 aliphatic heterocycles. The molecule has 1 aliphatic carbocycles. The molecule has 0 saturated heterocycles. The number of aliphatic hydroxyl groups is 1. The van der Waals surface area contributed by atoms with E-state index < -0.39 is 0 Å². The minimum absolute atomic E-state index is 0.0247. The van der Waals surface area contributed by atoms with E-state index in [-0.39, 0.29) is 23.8 Å². The van der Waals surface area contributed by atoms with E-state index in [1.165, 1.54) is 0 Å². The number of aliphatic hydroxyl groups excluding tert-OH is 1. The lowest BCUT2D eigenvalue weighted by atomic mass is 10.2. The van der Waals surface area contributed by atoms with Crippen LogP contribution in [0.5, 0.6) is 0 Å². The molecule has 0 bridgehead atoms. The lowest BCUT2D eigenvalue weighted by Gasteiger charge is -2.21. The first-order valence-corrected chi connectivity index (χ1v) is 8.46. The Balaban J connectivity index is 2.07. The van der Waals surface area contributed by atoms with E-state index in [9.17, 15) is 9.90 Å². The van der Waals surface area contributed by atoms with Gasteiger partial charge in [-0.1, -0.05) is 0 Å². The number of hydrogen-bond donors (Lipinski definition) is 2. The normalized spacial score (nSPS) is 18.1. The second-order valence-corrected chi connectivity index (χ2v) is 6.89. The number of thioether (sulfide) groups is 1. The summed E-state index contributed by atoms with van der Waals surface area (Å²) in [6, 6.07) is 2.26. The van der Waals surface area contributed by atoms with Gasteiger partial charge in [-0.3, -0.25) is 4.79 Å². The molecule has 0 aromatic carbocycles. The number of carbonyl (C=O) groups excluding carboxylic acids is 1. The summed E-state index contributed by atoms with van der Waals surface area (Å²) < 4.78 is 2.97. The van der Waals surface area contributed by atoms with Crippen molar-refractivity contribution in [2.75, 3.05) is 12.9 Å². The number of carbonyl (C=O) groups is 1. The van der Waals surface area contributed by atoms with Gasteiger partial charge in [0.1, 0.15) is 5.69 Å². The molecule has 1 saturated carbocycles. The van der Waals surface area contributed by atoms with Crippen LogP contribution in [-0.4, -0.2) is 39.7 Å². The summed E-state index contributed by atoms with van der Waals surface area (Å²) in [6.07, 6.45) is 6.18. The molecule has 2 atom stereocenters. The molecule has 1 fully saturated rings. The van der Waals surface area contributed by atoms with E-state index in [0.29, 0.717) is 11.7 Å². The van der Waals surface area contributed by atoms with Crippen molar-refractivity contribution in [1.82, 2.24) is 9.88 Å². The van der Waals surface area contributed by atoms with Gasteiger partial charge in [0.15, 0.2) is 0 Å². The lowest BCUT2D eigenvalue weighted by molar-refractivity contribution is 0.0926. The summed E-state index contributed by atoms with van der Waals surface area (Å²) in [5, 5.41) is 12.2. The number of nitrogens with zero attached hydrogens (tertiary/aromatic N) is 1. The first-order valence-electron chi connectivity index (χ1n) is 6.38. The Hall–Kier alpha value is -0.460. The van der Waals surface area contributed by atoms with Crippen LogP contribution in [0.2, 0.25) is 0 Å². The maximum atomic E-state index is 12.3. The van der Waals surface area contributed by atoms with Gasteiger partial charge in [0.2, 0.25) is 0 Å². The van der Waals surface area contributed by atoms with Crippen LogP contribution in [0.3, 0.4) is 0 Å². The molecule has 4 nitrogen and oxygen atoms in total. The van der Waals surface area contributed by atoms with E-state index in [1.54, 1.807) is 11.8 Å². The van der Waals surface area contributed by atoms with Crippen molar-refractivity contribution >= 4 is 33.6 Å². The molecule has 2 unspecified atom stereocenters. The topological polar surface area (TPSA) is 54.3 Å². The SMILES string of the molecule is CSC(CO)C(C)NC(=O)c1cc(Br)cn1C1CC1. The Labute approximate surface area is 126 Å². The Kier molecular flexibility index (Phi) is 4.97. The smallest absolute Gasteiger partial charge is 0.268 e. The van der Waals surface area contributed by atoms with E-state index >= 15 is 0 Å². The summed E-state index contributed by atoms with van der Waals surface area (Å²) in [6.45, 7) is 1.99. The molecule has 0 radical (unpaired) electrons. The Morgan fingerprint density at radius 1 is 1.68 bits per heavy atom. The number of amides is 1. The monoisotopic (exact) mass is 346 g/mol. The van der Waals surface area contributed by atoms with Gasteiger partial charge in [-0.2, -0.15) is 11.8 Å². The first kappa shape index (κ1) is 14.9. The molecule has 1 amide bonds. The van der Waals surface area contributed by atoms with Crippen LogP contribution in [0.25, 0.3) is 0 Å². The number of nitrogens with one attached hydrogen (secondary N) is 1. The molecule has 6 heteroatoms. The molecule has 0 spiro atoms. The Morgan fingerprint density at radius 3 is 2.89 bits per heavy atom. The summed E-state index contributed by atoms with van der Waals surface area (Å²) in [5.41, 5.74) is 0.694. The summed E-state index contributed by atoms with van der Waals surface area (Å²) in [7, 11) is 0. The zero-order valence-electron chi connectivity index (χ0n) is 11.1. The van der Waals surface area contributed by atoms with Gasteiger partial charge in [0, 0.05) is 28.0 Å². The van der Waals surface area contributed by atoms with Crippen molar-refractivity contribution in [3.63, 3.8) is 0 Å². The molecular formula is C13H19BrN2O2S. The number of aromatic nitrogens is 1. The van der Waals surface area contributed by atoms with E-state index in [4.69, 9.17) is 0 Å². The van der Waals surface area contributed by atoms with E-state index in [2.05, 4.69) is 21.2 Å². The van der Waals surface area contributed by atoms with Crippen molar-refractivity contribution in [1.29, 1.82) is 0 Å². The Morgan fingerprint density at radius 2 is 2.37 bits per heavy atom. The van der Waals surface area contributed by atoms with Crippen LogP contribution in [0.15, 0.2) is 16.7 Å². The zero-order chi connectivity index (χ0) is 14.0. The van der Waals surface area contributed by atoms with Gasteiger partial charge < -0.3 is 15.0 Å². The second kappa shape index (κ2) is 6.33. The third-order valence-electron chi connectivity index (χ3n) is 3.39. The quantitative estimate of drug-likeness (QED) is 0.831. The fourth-order valence-electron chi connectivity index (χ4n) is 2.09. The summed E-state index contributed by atoms with van der Waals surface area (Å²) in [5.74, 6) is -0.0717. The summed E-state index contributed by atoms with van der Waals surface area (Å²) in [4.78, 5) is 12.3. The highest BCUT2D eigenvalue weighted by atomic mass is 79.9. The second-order valence-electron chi connectivity index (χ2n) is 4.90. The van der Waals surface area contributed by atoms with Gasteiger partial charge in [-0.05, 0) is 48.0 Å². The van der Waals surface area contributed by atoms with Crippen LogP contribution in [0.1, 0.15) is 36.3 Å². The minimum Gasteiger partial charge on any atom is -0.395 e. The number of hydrogen-bond acceptors (Lipinski definition) is 3. The van der Waals surface area contributed by atoms with E-state index in [0.717, 1.165) is 17.3 Å². The zero-order valence-corrected chi connectivity index (χ0v) is 13.5. The molecule has 2 rings (SSSR count). The van der Waals surface area contributed by atoms with Crippen molar-refractivity contribution < 1.29 is 9.90 Å². The predicted octanol–water partition coefficient (Wildman–Crippen LogP) is 2.43. The van der Waals surface area contributed by atoms with Crippen LogP contribution in [0.4, 0.5) is 0 Å². The molecule has 1 aliphatic rings. The van der Waals surface area contributed by atoms with Crippen LogP contribution < -0.4 is 5.32 Å². The number of halogens is 1. The van der Waals surface area contributed by atoms with E-state index in [1.807, 2.05) is 30.0 Å². The predicted molar refractivity (Wildman–Crippen MR) is 81.7 cm³/mol. The molecule has 1 aromatic rings. The molecular weight excluding hydrogens is 328 g/mol. The highest BCUT2D eigenvalue weighted by molar-refractivity contribution is 9.10. The van der Waals surface area contributed by atoms with Crippen molar-refractivity contribution in [3.8, 4) is 0 Å². The largest absolute Gasteiger partial charge is 0.395 e. The van der Waals surface area contributed by atoms with Gasteiger partial charge in [0.05, 0.1) is 6.61 Å². The number of rotatable bonds is 6. The van der Waals surface area contributed by atoms with Crippen molar-refractivity contribution in [3.05, 3.63) is 22.4 Å². The average molecular weight is 347 g/mol. The van der Waals surface area contributed by atoms with Crippen LogP contribution in [0, 0.1) is 0 Å². The Bertz CT molecular complexity index is 455. The van der Waals surface area contributed by atoms with Crippen LogP contribution in [-0.2, 0) is 0 Å². The van der Waals surface area contributed by atoms with Crippen molar-refractivity contribution in [2.45, 2.75) is 37.1 Å². The molecule has 1 heterocycles. The molecule has 1 aromatic heterocycles. The third-order valence-corrected chi connectivity index (χ3v) is 4.98. The molecule has 19 heavy (non-hydrogen) atoms. The fraction of sp³-hybridized carbons (Fsp3) is 0.615. The lowest BCUT2D eigenvalue weighted by Crippen LogP contribution is -2.41. The fourth-order valence-corrected chi connectivity index (χ4v) is 3.16. The highest BCUT2D eigenvalue weighted by Crippen LogP contribution is 2.37. The molecule has 106 valence electrons. The first-order chi connectivity index (χ1) is 9.06. The maximum Gasteiger partial charge on any atom is 0.268 e. The standard InChI is InChI=1S/C13H19BrN2O2S/c1-8(12(7-17)19-2)15-13(18)11-5-9(14)6-16(11)10-3-4-10/h5-6,8,10,12,17H,3-4,7H2,1-2H3,(H,15,18). The highest BCUT2D eigenvalue weighted by Gasteiger charge is 2.28.